The molecule has 4 nitrogen and oxygen atoms in total. The van der Waals surface area contributed by atoms with Gasteiger partial charge >= 0.3 is 0 Å². The molecule has 1 amide bonds. The van der Waals surface area contributed by atoms with E-state index in [-0.39, 0.29) is 5.91 Å². The average Bonchev–Trinajstić information content (AvgIpc) is 2.84. The number of anilines is 1. The fourth-order valence-corrected chi connectivity index (χ4v) is 3.44. The molecule has 1 heterocycles. The number of hydrogen-bond acceptors (Lipinski definition) is 3. The molecule has 1 aromatic rings. The number of benzene rings is 1. The molecule has 1 N–H and O–H groups in total. The molecule has 0 aromatic heterocycles. The van der Waals surface area contributed by atoms with Crippen molar-refractivity contribution in [3.05, 3.63) is 29.8 Å². The Hall–Kier alpha value is -1.55. The number of hydrogen-bond donors (Lipinski definition) is 1. The number of nitrogens with zero attached hydrogens (tertiary/aromatic N) is 2. The number of carbonyl (C=O) groups excluding carboxylic acids is 1. The molecule has 0 radical (unpaired) electrons. The predicted octanol–water partition coefficient (Wildman–Crippen LogP) is 3.53. The fraction of sp³-hybridized carbons (Fsp3) is 0.650. The second-order valence-corrected chi connectivity index (χ2v) is 6.94. The van der Waals surface area contributed by atoms with Crippen molar-refractivity contribution >= 4 is 11.6 Å². The Morgan fingerprint density at radius 2 is 1.75 bits per heavy atom. The van der Waals surface area contributed by atoms with Gasteiger partial charge in [-0.1, -0.05) is 12.8 Å². The summed E-state index contributed by atoms with van der Waals surface area (Å²) in [5.41, 5.74) is 1.92. The molecule has 1 aliphatic rings. The Balaban J connectivity index is 1.81. The second-order valence-electron chi connectivity index (χ2n) is 6.94. The van der Waals surface area contributed by atoms with E-state index in [2.05, 4.69) is 35.9 Å². The van der Waals surface area contributed by atoms with Gasteiger partial charge in [0, 0.05) is 36.9 Å². The minimum Gasteiger partial charge on any atom is -0.369 e. The van der Waals surface area contributed by atoms with Gasteiger partial charge < -0.3 is 15.1 Å². The lowest BCUT2D eigenvalue weighted by molar-refractivity contribution is 0.0948. The summed E-state index contributed by atoms with van der Waals surface area (Å²) < 4.78 is 0. The monoisotopic (exact) mass is 331 g/mol. The van der Waals surface area contributed by atoms with Crippen molar-refractivity contribution in [3.63, 3.8) is 0 Å². The van der Waals surface area contributed by atoms with Crippen molar-refractivity contribution in [2.24, 2.45) is 0 Å². The lowest BCUT2D eigenvalue weighted by Crippen LogP contribution is -2.35. The van der Waals surface area contributed by atoms with Crippen molar-refractivity contribution in [2.75, 3.05) is 37.6 Å². The quantitative estimate of drug-likeness (QED) is 0.830. The molecule has 1 fully saturated rings. The summed E-state index contributed by atoms with van der Waals surface area (Å²) in [6.07, 6.45) is 5.28. The first-order valence-electron chi connectivity index (χ1n) is 9.49. The maximum absolute atomic E-state index is 12.3. The van der Waals surface area contributed by atoms with Crippen LogP contribution in [0.15, 0.2) is 24.3 Å². The van der Waals surface area contributed by atoms with Crippen LogP contribution in [0.1, 0.15) is 56.8 Å². The van der Waals surface area contributed by atoms with Crippen LogP contribution < -0.4 is 10.2 Å². The third-order valence-corrected chi connectivity index (χ3v) is 4.84. The van der Waals surface area contributed by atoms with E-state index < -0.39 is 0 Å². The molecular weight excluding hydrogens is 298 g/mol. The Labute approximate surface area is 147 Å². The smallest absolute Gasteiger partial charge is 0.251 e. The molecular formula is C20H33N3O. The maximum Gasteiger partial charge on any atom is 0.251 e. The van der Waals surface area contributed by atoms with Crippen molar-refractivity contribution in [3.8, 4) is 0 Å². The van der Waals surface area contributed by atoms with Crippen LogP contribution in [0.5, 0.6) is 0 Å². The molecule has 0 spiro atoms. The maximum atomic E-state index is 12.3. The standard InChI is InChI=1S/C20H33N3O/c1-4-23(17(2)3)19-11-9-18(10-12-19)20(24)21-13-16-22-14-7-5-6-8-15-22/h9-12,17H,4-8,13-16H2,1-3H3,(H,21,24). The van der Waals surface area contributed by atoms with E-state index in [1.807, 2.05) is 24.3 Å². The van der Waals surface area contributed by atoms with Crippen molar-refractivity contribution in [1.82, 2.24) is 10.2 Å². The van der Waals surface area contributed by atoms with Gasteiger partial charge in [0.1, 0.15) is 0 Å². The number of carbonyl (C=O) groups is 1. The van der Waals surface area contributed by atoms with E-state index in [9.17, 15) is 4.79 Å². The van der Waals surface area contributed by atoms with Crippen LogP contribution in [0.3, 0.4) is 0 Å². The summed E-state index contributed by atoms with van der Waals surface area (Å²) >= 11 is 0. The zero-order valence-electron chi connectivity index (χ0n) is 15.6. The number of amides is 1. The molecule has 1 aromatic carbocycles. The Kier molecular flexibility index (Phi) is 7.57. The third kappa shape index (κ3) is 5.52. The van der Waals surface area contributed by atoms with Gasteiger partial charge in [-0.25, -0.2) is 0 Å². The van der Waals surface area contributed by atoms with Gasteiger partial charge in [-0.3, -0.25) is 4.79 Å². The van der Waals surface area contributed by atoms with Crippen LogP contribution in [0.4, 0.5) is 5.69 Å². The van der Waals surface area contributed by atoms with Gasteiger partial charge in [0.25, 0.3) is 5.91 Å². The lowest BCUT2D eigenvalue weighted by atomic mass is 10.1. The van der Waals surface area contributed by atoms with Gasteiger partial charge in [-0.15, -0.1) is 0 Å². The van der Waals surface area contributed by atoms with Crippen LogP contribution in [0.25, 0.3) is 0 Å². The molecule has 2 rings (SSSR count). The van der Waals surface area contributed by atoms with Crippen LogP contribution in [0.2, 0.25) is 0 Å². The van der Waals surface area contributed by atoms with Gasteiger partial charge in [0.05, 0.1) is 0 Å². The summed E-state index contributed by atoms with van der Waals surface area (Å²) in [5, 5.41) is 3.06. The van der Waals surface area contributed by atoms with E-state index in [0.29, 0.717) is 6.04 Å². The molecule has 134 valence electrons. The third-order valence-electron chi connectivity index (χ3n) is 4.84. The van der Waals surface area contributed by atoms with Crippen LogP contribution in [-0.4, -0.2) is 49.6 Å². The Morgan fingerprint density at radius 3 is 2.29 bits per heavy atom. The summed E-state index contributed by atoms with van der Waals surface area (Å²) in [5.74, 6) is 0.0315. The molecule has 1 aliphatic heterocycles. The highest BCUT2D eigenvalue weighted by Gasteiger charge is 2.11. The van der Waals surface area contributed by atoms with Crippen molar-refractivity contribution in [2.45, 2.75) is 52.5 Å². The highest BCUT2D eigenvalue weighted by molar-refractivity contribution is 5.94. The highest BCUT2D eigenvalue weighted by atomic mass is 16.1. The van der Waals surface area contributed by atoms with E-state index >= 15 is 0 Å². The van der Waals surface area contributed by atoms with Gasteiger partial charge in [-0.2, -0.15) is 0 Å². The van der Waals surface area contributed by atoms with Crippen molar-refractivity contribution in [1.29, 1.82) is 0 Å². The zero-order chi connectivity index (χ0) is 17.4. The van der Waals surface area contributed by atoms with Crippen molar-refractivity contribution < 1.29 is 4.79 Å². The minimum atomic E-state index is 0.0315. The largest absolute Gasteiger partial charge is 0.369 e. The highest BCUT2D eigenvalue weighted by Crippen LogP contribution is 2.17. The number of rotatable bonds is 7. The SMILES string of the molecule is CCN(c1ccc(C(=O)NCCN2CCCCCC2)cc1)C(C)C. The summed E-state index contributed by atoms with van der Waals surface area (Å²) in [6, 6.07) is 8.42. The summed E-state index contributed by atoms with van der Waals surface area (Å²) in [6.45, 7) is 11.5. The van der Waals surface area contributed by atoms with E-state index in [1.165, 1.54) is 44.5 Å². The normalized spacial score (nSPS) is 16.0. The number of nitrogens with one attached hydrogen (secondary N) is 1. The molecule has 0 atom stereocenters. The molecule has 0 aliphatic carbocycles. The van der Waals surface area contributed by atoms with Gasteiger partial charge in [-0.05, 0) is 71.0 Å². The van der Waals surface area contributed by atoms with Crippen LogP contribution >= 0.6 is 0 Å². The van der Waals surface area contributed by atoms with Crippen LogP contribution in [0, 0.1) is 0 Å². The molecule has 0 bridgehead atoms. The first-order valence-corrected chi connectivity index (χ1v) is 9.49. The molecule has 1 saturated heterocycles. The second kappa shape index (κ2) is 9.67. The van der Waals surface area contributed by atoms with E-state index in [0.717, 1.165) is 25.2 Å². The fourth-order valence-electron chi connectivity index (χ4n) is 3.44. The Morgan fingerprint density at radius 1 is 1.12 bits per heavy atom. The van der Waals surface area contributed by atoms with Gasteiger partial charge in [0.2, 0.25) is 0 Å². The topological polar surface area (TPSA) is 35.6 Å². The first-order chi connectivity index (χ1) is 11.6. The van der Waals surface area contributed by atoms with Crippen LogP contribution in [-0.2, 0) is 0 Å². The molecule has 0 saturated carbocycles. The lowest BCUT2D eigenvalue weighted by Gasteiger charge is -2.27. The predicted molar refractivity (Wildman–Crippen MR) is 102 cm³/mol. The molecule has 4 heteroatoms. The summed E-state index contributed by atoms with van der Waals surface area (Å²) in [4.78, 5) is 17.1. The number of likely N-dealkylation sites (tertiary alicyclic amines) is 1. The van der Waals surface area contributed by atoms with Gasteiger partial charge in [0.15, 0.2) is 0 Å². The summed E-state index contributed by atoms with van der Waals surface area (Å²) in [7, 11) is 0. The van der Waals surface area contributed by atoms with E-state index in [4.69, 9.17) is 0 Å². The average molecular weight is 332 g/mol. The van der Waals surface area contributed by atoms with E-state index in [1.54, 1.807) is 0 Å². The first kappa shape index (κ1) is 18.8. The molecule has 24 heavy (non-hydrogen) atoms. The minimum absolute atomic E-state index is 0.0315. The molecule has 0 unspecified atom stereocenters. The zero-order valence-corrected chi connectivity index (χ0v) is 15.6. The Bertz CT molecular complexity index is 490.